The summed E-state index contributed by atoms with van der Waals surface area (Å²) < 4.78 is 0. The van der Waals surface area contributed by atoms with Crippen LogP contribution in [-0.4, -0.2) is 46.9 Å². The Morgan fingerprint density at radius 1 is 1.25 bits per heavy atom. The standard InChI is InChI=1S/C17H25N5O2/c1-11-19-10-14(16(20-11)13-3-4-13)21-17(24)22-7-5-12(6-8-22)9-15(23)18-2/h10,12-13H,3-9H2,1-2H3,(H,18,23)(H,21,24). The fourth-order valence-corrected chi connectivity index (χ4v) is 3.15. The quantitative estimate of drug-likeness (QED) is 0.884. The first-order chi connectivity index (χ1) is 11.6. The average molecular weight is 331 g/mol. The zero-order valence-electron chi connectivity index (χ0n) is 14.3. The van der Waals surface area contributed by atoms with Crippen LogP contribution in [0.5, 0.6) is 0 Å². The summed E-state index contributed by atoms with van der Waals surface area (Å²) in [5.41, 5.74) is 1.70. The van der Waals surface area contributed by atoms with Crippen LogP contribution in [0.1, 0.15) is 49.5 Å². The molecule has 1 saturated carbocycles. The molecule has 24 heavy (non-hydrogen) atoms. The number of carbonyl (C=O) groups is 2. The Bertz CT molecular complexity index is 621. The lowest BCUT2D eigenvalue weighted by Crippen LogP contribution is -2.42. The molecule has 1 aromatic heterocycles. The third-order valence-corrected chi connectivity index (χ3v) is 4.80. The van der Waals surface area contributed by atoms with Crippen molar-refractivity contribution in [2.75, 3.05) is 25.5 Å². The van der Waals surface area contributed by atoms with Crippen molar-refractivity contribution in [3.8, 4) is 0 Å². The second kappa shape index (κ2) is 7.15. The molecule has 7 nitrogen and oxygen atoms in total. The van der Waals surface area contributed by atoms with Crippen LogP contribution < -0.4 is 10.6 Å². The van der Waals surface area contributed by atoms with Gasteiger partial charge in [-0.3, -0.25) is 4.79 Å². The van der Waals surface area contributed by atoms with Gasteiger partial charge in [-0.2, -0.15) is 0 Å². The summed E-state index contributed by atoms with van der Waals surface area (Å²) in [5, 5.41) is 5.64. The van der Waals surface area contributed by atoms with E-state index in [-0.39, 0.29) is 11.9 Å². The van der Waals surface area contributed by atoms with Gasteiger partial charge >= 0.3 is 6.03 Å². The predicted molar refractivity (Wildman–Crippen MR) is 90.7 cm³/mol. The maximum absolute atomic E-state index is 12.5. The van der Waals surface area contributed by atoms with E-state index < -0.39 is 0 Å². The predicted octanol–water partition coefficient (Wildman–Crippen LogP) is 2.04. The Hall–Kier alpha value is -2.18. The Labute approximate surface area is 142 Å². The average Bonchev–Trinajstić information content (AvgIpc) is 3.42. The number of urea groups is 1. The summed E-state index contributed by atoms with van der Waals surface area (Å²) >= 11 is 0. The number of likely N-dealkylation sites (tertiary alicyclic amines) is 1. The highest BCUT2D eigenvalue weighted by atomic mass is 16.2. The van der Waals surface area contributed by atoms with Gasteiger partial charge in [0.15, 0.2) is 0 Å². The highest BCUT2D eigenvalue weighted by Crippen LogP contribution is 2.42. The molecule has 1 aliphatic carbocycles. The number of rotatable bonds is 4. The van der Waals surface area contributed by atoms with Crippen molar-refractivity contribution >= 4 is 17.6 Å². The molecular weight excluding hydrogens is 306 g/mol. The molecule has 130 valence electrons. The summed E-state index contributed by atoms with van der Waals surface area (Å²) in [7, 11) is 1.66. The van der Waals surface area contributed by atoms with E-state index in [2.05, 4.69) is 20.6 Å². The van der Waals surface area contributed by atoms with E-state index in [1.807, 2.05) is 11.8 Å². The summed E-state index contributed by atoms with van der Waals surface area (Å²) in [6.07, 6.45) is 6.24. The molecule has 0 spiro atoms. The monoisotopic (exact) mass is 331 g/mol. The molecule has 1 saturated heterocycles. The number of nitrogens with one attached hydrogen (secondary N) is 2. The first kappa shape index (κ1) is 16.7. The molecule has 7 heteroatoms. The van der Waals surface area contributed by atoms with Gasteiger partial charge in [-0.15, -0.1) is 0 Å². The molecule has 0 radical (unpaired) electrons. The van der Waals surface area contributed by atoms with Gasteiger partial charge in [-0.05, 0) is 38.5 Å². The second-order valence-corrected chi connectivity index (χ2v) is 6.73. The van der Waals surface area contributed by atoms with Crippen LogP contribution in [0.15, 0.2) is 6.20 Å². The number of aromatic nitrogens is 2. The van der Waals surface area contributed by atoms with Gasteiger partial charge in [0.2, 0.25) is 5.91 Å². The van der Waals surface area contributed by atoms with Gasteiger partial charge in [0, 0.05) is 32.5 Å². The van der Waals surface area contributed by atoms with E-state index in [1.165, 1.54) is 0 Å². The highest BCUT2D eigenvalue weighted by molar-refractivity contribution is 5.90. The van der Waals surface area contributed by atoms with Crippen LogP contribution in [0, 0.1) is 12.8 Å². The van der Waals surface area contributed by atoms with Crippen molar-refractivity contribution in [2.45, 2.75) is 44.9 Å². The number of anilines is 1. The van der Waals surface area contributed by atoms with Gasteiger partial charge in [-0.25, -0.2) is 14.8 Å². The molecule has 2 fully saturated rings. The lowest BCUT2D eigenvalue weighted by molar-refractivity contribution is -0.121. The van der Waals surface area contributed by atoms with Crippen molar-refractivity contribution in [2.24, 2.45) is 5.92 Å². The zero-order chi connectivity index (χ0) is 17.1. The van der Waals surface area contributed by atoms with Crippen LogP contribution in [0.3, 0.4) is 0 Å². The number of amides is 3. The Kier molecular flexibility index (Phi) is 4.97. The molecule has 0 aromatic carbocycles. The molecule has 3 rings (SSSR count). The maximum atomic E-state index is 12.5. The van der Waals surface area contributed by atoms with Crippen LogP contribution in [0.2, 0.25) is 0 Å². The summed E-state index contributed by atoms with van der Waals surface area (Å²) in [6.45, 7) is 3.23. The maximum Gasteiger partial charge on any atom is 0.321 e. The smallest absolute Gasteiger partial charge is 0.321 e. The molecule has 1 aromatic rings. The molecule has 2 aliphatic rings. The van der Waals surface area contributed by atoms with Crippen molar-refractivity contribution in [1.82, 2.24) is 20.2 Å². The van der Waals surface area contributed by atoms with Gasteiger partial charge in [0.25, 0.3) is 0 Å². The second-order valence-electron chi connectivity index (χ2n) is 6.73. The minimum atomic E-state index is -0.0947. The van der Waals surface area contributed by atoms with Gasteiger partial charge in [-0.1, -0.05) is 0 Å². The van der Waals surface area contributed by atoms with Crippen molar-refractivity contribution in [3.63, 3.8) is 0 Å². The van der Waals surface area contributed by atoms with E-state index in [0.717, 1.165) is 42.9 Å². The topological polar surface area (TPSA) is 87.2 Å². The Morgan fingerprint density at radius 2 is 1.96 bits per heavy atom. The molecule has 0 bridgehead atoms. The molecule has 1 aliphatic heterocycles. The third kappa shape index (κ3) is 4.01. The number of nitrogens with zero attached hydrogens (tertiary/aromatic N) is 3. The summed E-state index contributed by atoms with van der Waals surface area (Å²) in [5.74, 6) is 1.63. The fourth-order valence-electron chi connectivity index (χ4n) is 3.15. The third-order valence-electron chi connectivity index (χ3n) is 4.80. The minimum Gasteiger partial charge on any atom is -0.359 e. The zero-order valence-corrected chi connectivity index (χ0v) is 14.3. The molecular formula is C17H25N5O2. The number of hydrogen-bond donors (Lipinski definition) is 2. The first-order valence-corrected chi connectivity index (χ1v) is 8.67. The van der Waals surface area contributed by atoms with Crippen molar-refractivity contribution in [1.29, 1.82) is 0 Å². The number of hydrogen-bond acceptors (Lipinski definition) is 4. The Morgan fingerprint density at radius 3 is 2.58 bits per heavy atom. The molecule has 3 amide bonds. The van der Waals surface area contributed by atoms with Gasteiger partial charge in [0.1, 0.15) is 5.82 Å². The molecule has 2 N–H and O–H groups in total. The van der Waals surface area contributed by atoms with Crippen LogP contribution in [0.25, 0.3) is 0 Å². The minimum absolute atomic E-state index is 0.0729. The van der Waals surface area contributed by atoms with Crippen LogP contribution in [0.4, 0.5) is 10.5 Å². The van der Waals surface area contributed by atoms with E-state index in [1.54, 1.807) is 13.2 Å². The molecule has 0 unspecified atom stereocenters. The lowest BCUT2D eigenvalue weighted by atomic mass is 9.93. The van der Waals surface area contributed by atoms with Gasteiger partial charge < -0.3 is 15.5 Å². The van der Waals surface area contributed by atoms with E-state index in [0.29, 0.717) is 31.3 Å². The van der Waals surface area contributed by atoms with Crippen molar-refractivity contribution in [3.05, 3.63) is 17.7 Å². The van der Waals surface area contributed by atoms with Gasteiger partial charge in [0.05, 0.1) is 17.6 Å². The summed E-state index contributed by atoms with van der Waals surface area (Å²) in [4.78, 5) is 34.5. The van der Waals surface area contributed by atoms with Crippen LogP contribution in [-0.2, 0) is 4.79 Å². The molecule has 0 atom stereocenters. The highest BCUT2D eigenvalue weighted by Gasteiger charge is 2.30. The summed E-state index contributed by atoms with van der Waals surface area (Å²) in [6, 6.07) is -0.0947. The van der Waals surface area contributed by atoms with Crippen LogP contribution >= 0.6 is 0 Å². The van der Waals surface area contributed by atoms with E-state index in [9.17, 15) is 9.59 Å². The largest absolute Gasteiger partial charge is 0.359 e. The molecule has 2 heterocycles. The number of piperidine rings is 1. The lowest BCUT2D eigenvalue weighted by Gasteiger charge is -2.31. The Balaban J connectivity index is 1.56. The fraction of sp³-hybridized carbons (Fsp3) is 0.647. The first-order valence-electron chi connectivity index (χ1n) is 8.67. The van der Waals surface area contributed by atoms with Crippen molar-refractivity contribution < 1.29 is 9.59 Å². The van der Waals surface area contributed by atoms with E-state index in [4.69, 9.17) is 0 Å². The van der Waals surface area contributed by atoms with E-state index >= 15 is 0 Å². The SMILES string of the molecule is CNC(=O)CC1CCN(C(=O)Nc2cnc(C)nc2C2CC2)CC1. The number of aryl methyl sites for hydroxylation is 1. The normalized spacial score (nSPS) is 18.3. The number of carbonyl (C=O) groups excluding carboxylic acids is 2.